The van der Waals surface area contributed by atoms with Crippen LogP contribution in [0.15, 0.2) is 48.5 Å². The largest absolute Gasteiger partial charge is 0.455 e. The number of esters is 1. The number of carbonyl (C=O) groups is 3. The highest BCUT2D eigenvalue weighted by Gasteiger charge is 2.18. The molecular weight excluding hydrogens is 368 g/mol. The van der Waals surface area contributed by atoms with Crippen LogP contribution in [-0.4, -0.2) is 24.4 Å². The molecule has 2 rings (SSSR count). The molecule has 0 spiro atoms. The number of carbonyl (C=O) groups excluding carboxylic acids is 3. The smallest absolute Gasteiger partial charge is 0.308 e. The van der Waals surface area contributed by atoms with Gasteiger partial charge in [-0.1, -0.05) is 48.0 Å². The summed E-state index contributed by atoms with van der Waals surface area (Å²) in [5.41, 5.74) is 2.20. The summed E-state index contributed by atoms with van der Waals surface area (Å²) < 4.78 is 5.03. The molecule has 2 aromatic carbocycles. The second-order valence-corrected chi connectivity index (χ2v) is 6.45. The molecule has 0 fully saturated rings. The number of anilines is 1. The molecule has 2 amide bonds. The van der Waals surface area contributed by atoms with Crippen molar-refractivity contribution >= 4 is 35.1 Å². The zero-order valence-corrected chi connectivity index (χ0v) is 15.9. The third-order valence-electron chi connectivity index (χ3n) is 3.77. The van der Waals surface area contributed by atoms with Crippen LogP contribution in [0.1, 0.15) is 30.5 Å². The number of benzene rings is 2. The van der Waals surface area contributed by atoms with Crippen molar-refractivity contribution in [3.8, 4) is 0 Å². The first-order valence-electron chi connectivity index (χ1n) is 8.39. The van der Waals surface area contributed by atoms with Gasteiger partial charge in [-0.25, -0.2) is 0 Å². The summed E-state index contributed by atoms with van der Waals surface area (Å²) in [5.74, 6) is -1.32. The van der Waals surface area contributed by atoms with E-state index in [1.165, 1.54) is 6.92 Å². The van der Waals surface area contributed by atoms with Gasteiger partial charge < -0.3 is 15.4 Å². The van der Waals surface area contributed by atoms with Crippen molar-refractivity contribution in [1.29, 1.82) is 0 Å². The number of amides is 2. The summed E-state index contributed by atoms with van der Waals surface area (Å²) in [4.78, 5) is 35.4. The number of rotatable bonds is 7. The number of nitrogens with one attached hydrogen (secondary N) is 2. The summed E-state index contributed by atoms with van der Waals surface area (Å²) in [6.45, 7) is 2.81. The van der Waals surface area contributed by atoms with Crippen molar-refractivity contribution in [2.45, 2.75) is 26.3 Å². The summed E-state index contributed by atoms with van der Waals surface area (Å²) in [6.07, 6.45) is -0.0762. The second-order valence-electron chi connectivity index (χ2n) is 6.04. The summed E-state index contributed by atoms with van der Waals surface area (Å²) in [7, 11) is 0. The van der Waals surface area contributed by atoms with Crippen LogP contribution in [0.25, 0.3) is 0 Å². The van der Waals surface area contributed by atoms with E-state index in [1.54, 1.807) is 18.2 Å². The molecule has 2 N–H and O–H groups in total. The maximum atomic E-state index is 12.1. The van der Waals surface area contributed by atoms with Crippen LogP contribution in [-0.2, 0) is 19.1 Å². The van der Waals surface area contributed by atoms with E-state index in [2.05, 4.69) is 10.6 Å². The molecule has 1 atom stereocenters. The fourth-order valence-electron chi connectivity index (χ4n) is 2.42. The fraction of sp³-hybridized carbons (Fsp3) is 0.250. The Bertz CT molecular complexity index is 824. The van der Waals surface area contributed by atoms with E-state index < -0.39 is 24.5 Å². The molecule has 0 aliphatic heterocycles. The Kier molecular flexibility index (Phi) is 7.37. The van der Waals surface area contributed by atoms with Gasteiger partial charge in [-0.3, -0.25) is 14.4 Å². The van der Waals surface area contributed by atoms with Gasteiger partial charge in [0.05, 0.1) is 12.5 Å². The van der Waals surface area contributed by atoms with E-state index in [0.29, 0.717) is 10.7 Å². The molecule has 6 nitrogen and oxygen atoms in total. The third-order valence-corrected chi connectivity index (χ3v) is 4.18. The Morgan fingerprint density at radius 1 is 1.11 bits per heavy atom. The quantitative estimate of drug-likeness (QED) is 0.712. The first kappa shape index (κ1) is 20.5. The number of ether oxygens (including phenoxy) is 1. The van der Waals surface area contributed by atoms with Crippen molar-refractivity contribution in [1.82, 2.24) is 5.32 Å². The Morgan fingerprint density at radius 2 is 1.81 bits per heavy atom. The van der Waals surface area contributed by atoms with E-state index in [9.17, 15) is 14.4 Å². The zero-order chi connectivity index (χ0) is 19.8. The molecule has 7 heteroatoms. The summed E-state index contributed by atoms with van der Waals surface area (Å²) in [6, 6.07) is 13.7. The highest BCUT2D eigenvalue weighted by atomic mass is 35.5. The molecule has 0 unspecified atom stereocenters. The first-order valence-corrected chi connectivity index (χ1v) is 8.76. The third kappa shape index (κ3) is 6.75. The zero-order valence-electron chi connectivity index (χ0n) is 15.1. The van der Waals surface area contributed by atoms with E-state index >= 15 is 0 Å². The monoisotopic (exact) mass is 388 g/mol. The molecule has 0 saturated heterocycles. The maximum absolute atomic E-state index is 12.1. The molecule has 142 valence electrons. The van der Waals surface area contributed by atoms with Crippen LogP contribution >= 0.6 is 11.6 Å². The average Bonchev–Trinajstić information content (AvgIpc) is 2.63. The SMILES string of the molecule is CC(=O)N[C@H](CC(=O)OCC(=O)Nc1ccc(C)c(Cl)c1)c1ccccc1. The molecule has 0 aromatic heterocycles. The summed E-state index contributed by atoms with van der Waals surface area (Å²) >= 11 is 6.01. The minimum Gasteiger partial charge on any atom is -0.455 e. The molecule has 0 aliphatic carbocycles. The van der Waals surface area contributed by atoms with Crippen LogP contribution in [0.2, 0.25) is 5.02 Å². The van der Waals surface area contributed by atoms with Crippen LogP contribution in [0.4, 0.5) is 5.69 Å². The van der Waals surface area contributed by atoms with Crippen molar-refractivity contribution in [3.05, 3.63) is 64.7 Å². The minimum absolute atomic E-state index is 0.0762. The molecule has 0 heterocycles. The second kappa shape index (κ2) is 9.73. The lowest BCUT2D eigenvalue weighted by Gasteiger charge is -2.17. The van der Waals surface area contributed by atoms with Gasteiger partial charge in [-0.2, -0.15) is 0 Å². The van der Waals surface area contributed by atoms with E-state index in [4.69, 9.17) is 16.3 Å². The Balaban J connectivity index is 1.88. The predicted octanol–water partition coefficient (Wildman–Crippen LogP) is 3.40. The number of hydrogen-bond acceptors (Lipinski definition) is 4. The van der Waals surface area contributed by atoms with Crippen molar-refractivity contribution in [2.75, 3.05) is 11.9 Å². The number of hydrogen-bond donors (Lipinski definition) is 2. The van der Waals surface area contributed by atoms with Crippen molar-refractivity contribution in [2.24, 2.45) is 0 Å². The van der Waals surface area contributed by atoms with Gasteiger partial charge in [-0.15, -0.1) is 0 Å². The maximum Gasteiger partial charge on any atom is 0.308 e. The molecular formula is C20H21ClN2O4. The van der Waals surface area contributed by atoms with Gasteiger partial charge in [0.2, 0.25) is 5.91 Å². The Labute approximate surface area is 162 Å². The predicted molar refractivity (Wildman–Crippen MR) is 103 cm³/mol. The van der Waals surface area contributed by atoms with Gasteiger partial charge in [0, 0.05) is 17.6 Å². The highest BCUT2D eigenvalue weighted by Crippen LogP contribution is 2.20. The Hall–Kier alpha value is -2.86. The topological polar surface area (TPSA) is 84.5 Å². The van der Waals surface area contributed by atoms with Crippen LogP contribution < -0.4 is 10.6 Å². The standard InChI is InChI=1S/C20H21ClN2O4/c1-13-8-9-16(10-17(13)21)23-19(25)12-27-20(26)11-18(22-14(2)24)15-6-4-3-5-7-15/h3-10,18H,11-12H2,1-2H3,(H,22,24)(H,23,25)/t18-/m1/s1. The fourth-order valence-corrected chi connectivity index (χ4v) is 2.60. The molecule has 0 aliphatic rings. The van der Waals surface area contributed by atoms with Gasteiger partial charge in [0.15, 0.2) is 6.61 Å². The van der Waals surface area contributed by atoms with Gasteiger partial charge in [0.25, 0.3) is 5.91 Å². The highest BCUT2D eigenvalue weighted by molar-refractivity contribution is 6.31. The Morgan fingerprint density at radius 3 is 2.44 bits per heavy atom. The first-order chi connectivity index (χ1) is 12.8. The summed E-state index contributed by atoms with van der Waals surface area (Å²) in [5, 5.41) is 5.86. The van der Waals surface area contributed by atoms with Crippen LogP contribution in [0.3, 0.4) is 0 Å². The number of halogens is 1. The average molecular weight is 389 g/mol. The normalized spacial score (nSPS) is 11.4. The van der Waals surface area contributed by atoms with Crippen LogP contribution in [0, 0.1) is 6.92 Å². The minimum atomic E-state index is -0.588. The lowest BCUT2D eigenvalue weighted by molar-refractivity contribution is -0.148. The molecule has 0 saturated carbocycles. The van der Waals surface area contributed by atoms with Gasteiger partial charge >= 0.3 is 5.97 Å². The van der Waals surface area contributed by atoms with Gasteiger partial charge in [-0.05, 0) is 30.2 Å². The lowest BCUT2D eigenvalue weighted by atomic mass is 10.0. The van der Waals surface area contributed by atoms with E-state index in [0.717, 1.165) is 11.1 Å². The lowest BCUT2D eigenvalue weighted by Crippen LogP contribution is -2.29. The molecule has 2 aromatic rings. The molecule has 27 heavy (non-hydrogen) atoms. The van der Waals surface area contributed by atoms with Crippen molar-refractivity contribution in [3.63, 3.8) is 0 Å². The van der Waals surface area contributed by atoms with Crippen molar-refractivity contribution < 1.29 is 19.1 Å². The van der Waals surface area contributed by atoms with E-state index in [1.807, 2.05) is 37.3 Å². The van der Waals surface area contributed by atoms with Crippen LogP contribution in [0.5, 0.6) is 0 Å². The molecule has 0 radical (unpaired) electrons. The molecule has 0 bridgehead atoms. The van der Waals surface area contributed by atoms with Gasteiger partial charge in [0.1, 0.15) is 0 Å². The van der Waals surface area contributed by atoms with E-state index in [-0.39, 0.29) is 12.3 Å². The number of aryl methyl sites for hydroxylation is 1.